The summed E-state index contributed by atoms with van der Waals surface area (Å²) in [5.74, 6) is 0. The van der Waals surface area contributed by atoms with Gasteiger partial charge in [-0.1, -0.05) is 6.07 Å². The standard InChI is InChI=1S/C14H12N4/c15-10-11-3-1-4-12(9-11)16-17-13-6-8-18-7-2-5-14(13)18/h1-5,7,9,16H,6,8H2. The molecule has 1 aliphatic heterocycles. The molecule has 4 heteroatoms. The fourth-order valence-electron chi connectivity index (χ4n) is 2.13. The third kappa shape index (κ3) is 1.87. The maximum atomic E-state index is 8.83. The summed E-state index contributed by atoms with van der Waals surface area (Å²) in [5, 5.41) is 13.2. The summed E-state index contributed by atoms with van der Waals surface area (Å²) in [6.45, 7) is 0.987. The number of hydrogen-bond donors (Lipinski definition) is 1. The Morgan fingerprint density at radius 1 is 1.28 bits per heavy atom. The van der Waals surface area contributed by atoms with E-state index < -0.39 is 0 Å². The van der Waals surface area contributed by atoms with E-state index in [4.69, 9.17) is 5.26 Å². The molecule has 1 N–H and O–H groups in total. The molecule has 0 bridgehead atoms. The van der Waals surface area contributed by atoms with Gasteiger partial charge in [0.1, 0.15) is 0 Å². The first-order valence-electron chi connectivity index (χ1n) is 5.85. The van der Waals surface area contributed by atoms with Crippen molar-refractivity contribution >= 4 is 11.4 Å². The minimum absolute atomic E-state index is 0.634. The summed E-state index contributed by atoms with van der Waals surface area (Å²) in [6.07, 6.45) is 3.01. The van der Waals surface area contributed by atoms with Gasteiger partial charge >= 0.3 is 0 Å². The molecule has 1 aromatic carbocycles. The third-order valence-electron chi connectivity index (χ3n) is 3.03. The van der Waals surface area contributed by atoms with E-state index >= 15 is 0 Å². The second-order valence-corrected chi connectivity index (χ2v) is 4.20. The SMILES string of the molecule is N#Cc1cccc(NN=C2CCn3cccc32)c1. The molecule has 0 saturated heterocycles. The molecular weight excluding hydrogens is 224 g/mol. The first-order chi connectivity index (χ1) is 8.86. The molecule has 0 atom stereocenters. The van der Waals surface area contributed by atoms with Gasteiger partial charge in [0.25, 0.3) is 0 Å². The predicted molar refractivity (Wildman–Crippen MR) is 70.4 cm³/mol. The van der Waals surface area contributed by atoms with Gasteiger partial charge in [0.05, 0.1) is 28.7 Å². The van der Waals surface area contributed by atoms with E-state index in [2.05, 4.69) is 33.4 Å². The van der Waals surface area contributed by atoms with Gasteiger partial charge in [0.2, 0.25) is 0 Å². The molecule has 0 radical (unpaired) electrons. The first-order valence-corrected chi connectivity index (χ1v) is 5.85. The van der Waals surface area contributed by atoms with Gasteiger partial charge in [-0.3, -0.25) is 5.43 Å². The number of fused-ring (bicyclic) bond motifs is 1. The zero-order valence-electron chi connectivity index (χ0n) is 9.80. The average molecular weight is 236 g/mol. The lowest BCUT2D eigenvalue weighted by Crippen LogP contribution is -1.99. The Balaban J connectivity index is 1.81. The van der Waals surface area contributed by atoms with Crippen LogP contribution in [0.15, 0.2) is 47.7 Å². The van der Waals surface area contributed by atoms with Gasteiger partial charge in [0.15, 0.2) is 0 Å². The molecular formula is C14H12N4. The largest absolute Gasteiger partial charge is 0.346 e. The van der Waals surface area contributed by atoms with E-state index in [-0.39, 0.29) is 0 Å². The second kappa shape index (κ2) is 4.38. The molecule has 0 fully saturated rings. The van der Waals surface area contributed by atoms with E-state index in [0.29, 0.717) is 5.56 Å². The number of hydrogen-bond acceptors (Lipinski definition) is 3. The fraction of sp³-hybridized carbons (Fsp3) is 0.143. The monoisotopic (exact) mass is 236 g/mol. The van der Waals surface area contributed by atoms with Gasteiger partial charge in [-0.25, -0.2) is 0 Å². The van der Waals surface area contributed by atoms with Crippen molar-refractivity contribution in [3.05, 3.63) is 53.9 Å². The summed E-state index contributed by atoms with van der Waals surface area (Å²) in [7, 11) is 0. The van der Waals surface area contributed by atoms with E-state index in [9.17, 15) is 0 Å². The lowest BCUT2D eigenvalue weighted by molar-refractivity contribution is 0.771. The number of aromatic nitrogens is 1. The Kier molecular flexibility index (Phi) is 2.58. The lowest BCUT2D eigenvalue weighted by atomic mass is 10.2. The van der Waals surface area contributed by atoms with Crippen LogP contribution in [0.1, 0.15) is 17.7 Å². The molecule has 88 valence electrons. The molecule has 0 aliphatic carbocycles. The molecule has 0 unspecified atom stereocenters. The minimum atomic E-state index is 0.634. The van der Waals surface area contributed by atoms with Crippen LogP contribution < -0.4 is 5.43 Å². The van der Waals surface area contributed by atoms with E-state index in [1.54, 1.807) is 12.1 Å². The molecule has 0 amide bonds. The molecule has 4 nitrogen and oxygen atoms in total. The van der Waals surface area contributed by atoms with Crippen molar-refractivity contribution in [2.45, 2.75) is 13.0 Å². The van der Waals surface area contributed by atoms with Crippen molar-refractivity contribution in [2.75, 3.05) is 5.43 Å². The first kappa shape index (κ1) is 10.6. The highest BCUT2D eigenvalue weighted by molar-refractivity contribution is 6.01. The van der Waals surface area contributed by atoms with Crippen molar-refractivity contribution in [2.24, 2.45) is 5.10 Å². The Bertz CT molecular complexity index is 646. The summed E-state index contributed by atoms with van der Waals surface area (Å²) in [4.78, 5) is 0. The fourth-order valence-corrected chi connectivity index (χ4v) is 2.13. The Labute approximate surface area is 105 Å². The van der Waals surface area contributed by atoms with Crippen molar-refractivity contribution in [1.82, 2.24) is 4.57 Å². The molecule has 3 rings (SSSR count). The highest BCUT2D eigenvalue weighted by Gasteiger charge is 2.16. The summed E-state index contributed by atoms with van der Waals surface area (Å²) >= 11 is 0. The van der Waals surface area contributed by atoms with Crippen LogP contribution in [-0.2, 0) is 6.54 Å². The average Bonchev–Trinajstić information content (AvgIpc) is 3.00. The second-order valence-electron chi connectivity index (χ2n) is 4.20. The van der Waals surface area contributed by atoms with Crippen LogP contribution in [0.25, 0.3) is 0 Å². The van der Waals surface area contributed by atoms with E-state index in [0.717, 1.165) is 24.4 Å². The summed E-state index contributed by atoms with van der Waals surface area (Å²) in [6, 6.07) is 13.5. The predicted octanol–water partition coefficient (Wildman–Crippen LogP) is 2.58. The van der Waals surface area contributed by atoms with Gasteiger partial charge in [0, 0.05) is 19.2 Å². The van der Waals surface area contributed by atoms with E-state index in [1.165, 1.54) is 5.69 Å². The number of rotatable bonds is 2. The van der Waals surface area contributed by atoms with Crippen molar-refractivity contribution in [3.63, 3.8) is 0 Å². The van der Waals surface area contributed by atoms with Crippen LogP contribution in [0.3, 0.4) is 0 Å². The zero-order valence-corrected chi connectivity index (χ0v) is 9.80. The quantitative estimate of drug-likeness (QED) is 0.815. The van der Waals surface area contributed by atoms with Gasteiger partial charge in [-0.2, -0.15) is 10.4 Å². The van der Waals surface area contributed by atoms with Gasteiger partial charge in [-0.05, 0) is 30.3 Å². The van der Waals surface area contributed by atoms with Crippen LogP contribution in [-0.4, -0.2) is 10.3 Å². The van der Waals surface area contributed by atoms with Crippen LogP contribution in [0, 0.1) is 11.3 Å². The van der Waals surface area contributed by atoms with Crippen LogP contribution in [0.4, 0.5) is 5.69 Å². The number of nitriles is 1. The number of anilines is 1. The van der Waals surface area contributed by atoms with Crippen LogP contribution in [0.2, 0.25) is 0 Å². The van der Waals surface area contributed by atoms with E-state index in [1.807, 2.05) is 18.2 Å². The van der Waals surface area contributed by atoms with Crippen LogP contribution >= 0.6 is 0 Å². The van der Waals surface area contributed by atoms with Crippen molar-refractivity contribution in [3.8, 4) is 6.07 Å². The Morgan fingerprint density at radius 3 is 3.11 bits per heavy atom. The lowest BCUT2D eigenvalue weighted by Gasteiger charge is -2.02. The molecule has 18 heavy (non-hydrogen) atoms. The van der Waals surface area contributed by atoms with Crippen molar-refractivity contribution < 1.29 is 0 Å². The molecule has 0 spiro atoms. The van der Waals surface area contributed by atoms with Crippen molar-refractivity contribution in [1.29, 1.82) is 5.26 Å². The highest BCUT2D eigenvalue weighted by Crippen LogP contribution is 2.17. The molecule has 2 aromatic rings. The number of benzene rings is 1. The Hall–Kier alpha value is -2.54. The maximum absolute atomic E-state index is 8.83. The highest BCUT2D eigenvalue weighted by atomic mass is 15.3. The number of hydrazone groups is 1. The zero-order chi connectivity index (χ0) is 12.4. The van der Waals surface area contributed by atoms with Gasteiger partial charge in [-0.15, -0.1) is 0 Å². The Morgan fingerprint density at radius 2 is 2.22 bits per heavy atom. The molecule has 1 aliphatic rings. The molecule has 1 aromatic heterocycles. The number of aryl methyl sites for hydroxylation is 1. The maximum Gasteiger partial charge on any atom is 0.0992 e. The molecule has 2 heterocycles. The smallest absolute Gasteiger partial charge is 0.0992 e. The number of nitrogens with one attached hydrogen (secondary N) is 1. The summed E-state index contributed by atoms with van der Waals surface area (Å²) < 4.78 is 2.19. The van der Waals surface area contributed by atoms with Gasteiger partial charge < -0.3 is 4.57 Å². The third-order valence-corrected chi connectivity index (χ3v) is 3.03. The topological polar surface area (TPSA) is 53.1 Å². The summed E-state index contributed by atoms with van der Waals surface area (Å²) in [5.41, 5.74) is 6.71. The minimum Gasteiger partial charge on any atom is -0.346 e. The number of nitrogens with zero attached hydrogens (tertiary/aromatic N) is 3. The normalized spacial score (nSPS) is 15.4. The molecule has 0 saturated carbocycles. The van der Waals surface area contributed by atoms with Crippen LogP contribution in [0.5, 0.6) is 0 Å².